The van der Waals surface area contributed by atoms with Gasteiger partial charge in [0.05, 0.1) is 11.7 Å². The molecule has 4 nitrogen and oxygen atoms in total. The second kappa shape index (κ2) is 7.72. The Bertz CT molecular complexity index is 1010. The minimum Gasteiger partial charge on any atom is -0.384 e. The first-order valence-corrected chi connectivity index (χ1v) is 9.26. The summed E-state index contributed by atoms with van der Waals surface area (Å²) < 4.78 is 14.6. The van der Waals surface area contributed by atoms with Crippen LogP contribution in [-0.4, -0.2) is 22.1 Å². The predicted molar refractivity (Wildman–Crippen MR) is 108 cm³/mol. The molecule has 0 saturated heterocycles. The fourth-order valence-electron chi connectivity index (χ4n) is 3.56. The van der Waals surface area contributed by atoms with Gasteiger partial charge in [0, 0.05) is 41.2 Å². The zero-order chi connectivity index (χ0) is 19.7. The molecular weight excluding hydrogens is 377 g/mol. The first-order valence-electron chi connectivity index (χ1n) is 8.88. The van der Waals surface area contributed by atoms with E-state index in [1.165, 1.54) is 6.07 Å². The Morgan fingerprint density at radius 2 is 1.86 bits per heavy atom. The smallest absolute Gasteiger partial charge is 0.132 e. The zero-order valence-electron chi connectivity index (χ0n) is 15.2. The van der Waals surface area contributed by atoms with Crippen LogP contribution in [0.1, 0.15) is 28.8 Å². The number of pyridine rings is 1. The van der Waals surface area contributed by atoms with Gasteiger partial charge in [-0.25, -0.2) is 9.82 Å². The Morgan fingerprint density at radius 3 is 2.54 bits per heavy atom. The van der Waals surface area contributed by atoms with Gasteiger partial charge in [-0.05, 0) is 35.9 Å². The SMILES string of the molecule is CN1NC(c2ccc(Cl)cc2)C(C(O)c2cccnc2)=C1c1ccccc1F. The number of hydrogen-bond donors (Lipinski definition) is 2. The Hall–Kier alpha value is -2.73. The average Bonchev–Trinajstić information content (AvgIpc) is 3.06. The standard InChI is InChI=1S/C22H19ClFN3O/c1-27-21(17-6-2-3-7-18(17)24)19(22(28)15-5-4-12-25-13-15)20(26-27)14-8-10-16(23)11-9-14/h2-13,20,22,26,28H,1H3. The first kappa shape index (κ1) is 18.6. The summed E-state index contributed by atoms with van der Waals surface area (Å²) in [5.41, 5.74) is 6.58. The van der Waals surface area contributed by atoms with E-state index in [9.17, 15) is 9.50 Å². The van der Waals surface area contributed by atoms with Crippen molar-refractivity contribution < 1.29 is 9.50 Å². The quantitative estimate of drug-likeness (QED) is 0.682. The van der Waals surface area contributed by atoms with E-state index in [1.54, 1.807) is 59.9 Å². The first-order chi connectivity index (χ1) is 13.6. The number of hydrogen-bond acceptors (Lipinski definition) is 4. The number of aliphatic hydroxyl groups excluding tert-OH is 1. The summed E-state index contributed by atoms with van der Waals surface area (Å²) in [6.07, 6.45) is 2.31. The van der Waals surface area contributed by atoms with Crippen molar-refractivity contribution in [3.8, 4) is 0 Å². The molecule has 0 amide bonds. The van der Waals surface area contributed by atoms with Gasteiger partial charge in [0.2, 0.25) is 0 Å². The maximum absolute atomic E-state index is 14.6. The van der Waals surface area contributed by atoms with E-state index in [2.05, 4.69) is 10.4 Å². The van der Waals surface area contributed by atoms with Gasteiger partial charge < -0.3 is 10.1 Å². The van der Waals surface area contributed by atoms with E-state index in [-0.39, 0.29) is 11.9 Å². The molecule has 2 N–H and O–H groups in total. The van der Waals surface area contributed by atoms with Crippen LogP contribution in [0.15, 0.2) is 78.6 Å². The molecule has 2 heterocycles. The average molecular weight is 396 g/mol. The van der Waals surface area contributed by atoms with Crippen molar-refractivity contribution in [1.29, 1.82) is 0 Å². The monoisotopic (exact) mass is 395 g/mol. The van der Waals surface area contributed by atoms with E-state index in [4.69, 9.17) is 11.6 Å². The van der Waals surface area contributed by atoms with Crippen molar-refractivity contribution in [2.45, 2.75) is 12.1 Å². The largest absolute Gasteiger partial charge is 0.384 e. The minimum atomic E-state index is -0.957. The number of nitrogens with one attached hydrogen (secondary N) is 1. The second-order valence-electron chi connectivity index (χ2n) is 6.65. The van der Waals surface area contributed by atoms with Gasteiger partial charge in [0.25, 0.3) is 0 Å². The van der Waals surface area contributed by atoms with Crippen LogP contribution in [0.5, 0.6) is 0 Å². The maximum atomic E-state index is 14.6. The molecule has 28 heavy (non-hydrogen) atoms. The highest BCUT2D eigenvalue weighted by Gasteiger charge is 2.36. The third kappa shape index (κ3) is 3.40. The molecular formula is C22H19ClFN3O. The van der Waals surface area contributed by atoms with Crippen molar-refractivity contribution >= 4 is 17.3 Å². The highest BCUT2D eigenvalue weighted by atomic mass is 35.5. The maximum Gasteiger partial charge on any atom is 0.132 e. The van der Waals surface area contributed by atoms with Crippen LogP contribution in [0.3, 0.4) is 0 Å². The Kier molecular flexibility index (Phi) is 5.13. The number of hydrazine groups is 1. The van der Waals surface area contributed by atoms with Gasteiger partial charge >= 0.3 is 0 Å². The number of benzene rings is 2. The molecule has 2 atom stereocenters. The fraction of sp³-hybridized carbons (Fsp3) is 0.136. The molecule has 0 saturated carbocycles. The number of nitrogens with zero attached hydrogens (tertiary/aromatic N) is 2. The highest BCUT2D eigenvalue weighted by molar-refractivity contribution is 6.30. The summed E-state index contributed by atoms with van der Waals surface area (Å²) in [6.45, 7) is 0. The van der Waals surface area contributed by atoms with Crippen LogP contribution < -0.4 is 5.43 Å². The van der Waals surface area contributed by atoms with Crippen LogP contribution in [0.2, 0.25) is 5.02 Å². The normalized spacial score (nSPS) is 17.9. The van der Waals surface area contributed by atoms with Crippen LogP contribution in [0.25, 0.3) is 5.70 Å². The van der Waals surface area contributed by atoms with Crippen LogP contribution in [0, 0.1) is 5.82 Å². The zero-order valence-corrected chi connectivity index (χ0v) is 15.9. The number of halogens is 2. The predicted octanol–water partition coefficient (Wildman–Crippen LogP) is 4.51. The second-order valence-corrected chi connectivity index (χ2v) is 7.08. The van der Waals surface area contributed by atoms with Crippen molar-refractivity contribution in [2.75, 3.05) is 7.05 Å². The molecule has 0 aliphatic carbocycles. The van der Waals surface area contributed by atoms with Crippen LogP contribution in [-0.2, 0) is 0 Å². The molecule has 0 bridgehead atoms. The van der Waals surface area contributed by atoms with Gasteiger partial charge in [-0.3, -0.25) is 4.98 Å². The van der Waals surface area contributed by atoms with Gasteiger partial charge in [-0.15, -0.1) is 0 Å². The highest BCUT2D eigenvalue weighted by Crippen LogP contribution is 2.43. The Labute approximate surface area is 167 Å². The summed E-state index contributed by atoms with van der Waals surface area (Å²) in [5.74, 6) is -0.348. The van der Waals surface area contributed by atoms with Crippen LogP contribution >= 0.6 is 11.6 Å². The Morgan fingerprint density at radius 1 is 1.11 bits per heavy atom. The minimum absolute atomic E-state index is 0.341. The lowest BCUT2D eigenvalue weighted by Gasteiger charge is -2.20. The van der Waals surface area contributed by atoms with E-state index in [0.717, 1.165) is 5.56 Å². The molecule has 0 radical (unpaired) electrons. The topological polar surface area (TPSA) is 48.4 Å². The van der Waals surface area contributed by atoms with Gasteiger partial charge in [0.1, 0.15) is 11.9 Å². The molecule has 1 aliphatic rings. The third-order valence-corrected chi connectivity index (χ3v) is 5.12. The van der Waals surface area contributed by atoms with Gasteiger partial charge in [-0.2, -0.15) is 0 Å². The van der Waals surface area contributed by atoms with Crippen LogP contribution in [0.4, 0.5) is 4.39 Å². The lowest BCUT2D eigenvalue weighted by molar-refractivity contribution is 0.205. The fourth-order valence-corrected chi connectivity index (χ4v) is 3.69. The van der Waals surface area contributed by atoms with Crippen molar-refractivity contribution in [3.63, 3.8) is 0 Å². The molecule has 3 aromatic rings. The van der Waals surface area contributed by atoms with Crippen molar-refractivity contribution in [3.05, 3.63) is 106 Å². The molecule has 2 unspecified atom stereocenters. The summed E-state index contributed by atoms with van der Waals surface area (Å²) >= 11 is 6.04. The van der Waals surface area contributed by atoms with Gasteiger partial charge in [-0.1, -0.05) is 41.9 Å². The van der Waals surface area contributed by atoms with Gasteiger partial charge in [0.15, 0.2) is 0 Å². The summed E-state index contributed by atoms with van der Waals surface area (Å²) in [7, 11) is 1.81. The van der Waals surface area contributed by atoms with E-state index in [1.807, 2.05) is 19.2 Å². The lowest BCUT2D eigenvalue weighted by atomic mass is 9.89. The lowest BCUT2D eigenvalue weighted by Crippen LogP contribution is -2.29. The molecule has 2 aromatic carbocycles. The van der Waals surface area contributed by atoms with Crippen molar-refractivity contribution in [1.82, 2.24) is 15.4 Å². The third-order valence-electron chi connectivity index (χ3n) is 4.87. The molecule has 1 aromatic heterocycles. The molecule has 6 heteroatoms. The summed E-state index contributed by atoms with van der Waals surface area (Å²) in [4.78, 5) is 4.11. The molecule has 0 spiro atoms. The summed E-state index contributed by atoms with van der Waals surface area (Å²) in [6, 6.07) is 17.2. The van der Waals surface area contributed by atoms with E-state index in [0.29, 0.717) is 27.4 Å². The number of rotatable bonds is 4. The molecule has 4 rings (SSSR count). The number of aromatic nitrogens is 1. The summed E-state index contributed by atoms with van der Waals surface area (Å²) in [5, 5.41) is 13.6. The molecule has 142 valence electrons. The van der Waals surface area contributed by atoms with E-state index < -0.39 is 6.10 Å². The molecule has 1 aliphatic heterocycles. The van der Waals surface area contributed by atoms with Crippen molar-refractivity contribution in [2.24, 2.45) is 0 Å². The molecule has 0 fully saturated rings. The Balaban J connectivity index is 1.91. The number of aliphatic hydroxyl groups is 1. The van der Waals surface area contributed by atoms with E-state index >= 15 is 0 Å².